The Hall–Kier alpha value is -3.72. The molecule has 5 rings (SSSR count). The van der Waals surface area contributed by atoms with E-state index in [0.29, 0.717) is 42.8 Å². The Labute approximate surface area is 254 Å². The Morgan fingerprint density at radius 3 is 2.45 bits per heavy atom. The van der Waals surface area contributed by atoms with Crippen LogP contribution in [-0.4, -0.2) is 47.6 Å². The van der Waals surface area contributed by atoms with Crippen molar-refractivity contribution < 1.29 is 23.7 Å². The summed E-state index contributed by atoms with van der Waals surface area (Å²) < 4.78 is 22.2. The van der Waals surface area contributed by atoms with Crippen molar-refractivity contribution >= 4 is 23.4 Å². The molecule has 0 spiro atoms. The first-order valence-corrected chi connectivity index (χ1v) is 14.7. The van der Waals surface area contributed by atoms with Gasteiger partial charge in [-0.3, -0.25) is 0 Å². The number of nitrogens with zero attached hydrogens (tertiary/aromatic N) is 1. The number of hydrogen-bond donors (Lipinski definition) is 2. The topological polar surface area (TPSA) is 99.0 Å². The Morgan fingerprint density at radius 2 is 1.76 bits per heavy atom. The van der Waals surface area contributed by atoms with Crippen LogP contribution in [0.25, 0.3) is 0 Å². The maximum atomic E-state index is 12.4. The lowest BCUT2D eigenvalue weighted by atomic mass is 10.1. The molecular formula is C33H42ClN3O5. The molecule has 226 valence electrons. The highest BCUT2D eigenvalue weighted by atomic mass is 35.5. The molecule has 42 heavy (non-hydrogen) atoms. The van der Waals surface area contributed by atoms with Gasteiger partial charge in [-0.1, -0.05) is 49.7 Å². The smallest absolute Gasteiger partial charge is 0.415 e. The standard InChI is InChI=1S/C18H18ClN3O2.C13H18O3.C2H6/c19-14-2-1-10-21-17-12-22(11-9-13(17)3-4-14)18(23)24-16-7-5-15(20)6-8-16;1-13(2)15-10-12(16-13)8-9-14-11-6-4-3-5-7-11;1-2/h1-8,10,21H,9,11-12,20H2;3-7,12H,8-10H2,1-2H3;1-2H3. The predicted octanol–water partition coefficient (Wildman–Crippen LogP) is 7.57. The maximum absolute atomic E-state index is 12.4. The number of benzene rings is 2. The van der Waals surface area contributed by atoms with E-state index in [1.54, 1.807) is 41.4 Å². The second kappa shape index (κ2) is 16.7. The van der Waals surface area contributed by atoms with Gasteiger partial charge in [-0.25, -0.2) is 4.79 Å². The van der Waals surface area contributed by atoms with Crippen LogP contribution in [0.5, 0.6) is 11.5 Å². The molecule has 3 aromatic rings. The molecule has 0 bridgehead atoms. The van der Waals surface area contributed by atoms with Crippen molar-refractivity contribution in [3.63, 3.8) is 0 Å². The van der Waals surface area contributed by atoms with Crippen molar-refractivity contribution in [1.82, 2.24) is 9.88 Å². The summed E-state index contributed by atoms with van der Waals surface area (Å²) in [4.78, 5) is 17.2. The number of carbonyl (C=O) groups excluding carboxylic acids is 1. The molecule has 1 amide bonds. The number of carbonyl (C=O) groups is 1. The number of hydrogen-bond acceptors (Lipinski definition) is 6. The maximum Gasteiger partial charge on any atom is 0.415 e. The number of rotatable bonds is 5. The van der Waals surface area contributed by atoms with E-state index in [0.717, 1.165) is 29.8 Å². The Balaban J connectivity index is 0.000000234. The van der Waals surface area contributed by atoms with Crippen molar-refractivity contribution in [3.8, 4) is 11.5 Å². The number of fused-ring (bicyclic) bond motifs is 1. The van der Waals surface area contributed by atoms with Crippen LogP contribution >= 0.6 is 11.6 Å². The number of anilines is 1. The minimum atomic E-state index is -0.433. The lowest BCUT2D eigenvalue weighted by molar-refractivity contribution is -0.139. The quantitative estimate of drug-likeness (QED) is 0.295. The molecule has 1 unspecified atom stereocenters. The van der Waals surface area contributed by atoms with E-state index in [9.17, 15) is 4.79 Å². The van der Waals surface area contributed by atoms with Crippen LogP contribution in [-0.2, 0) is 22.4 Å². The SMILES string of the molecule is CC.CC1(C)OCC(CCOc2ccccc2)O1.Nc1ccc(OC(=O)N2CCc3ccc(Cl)ccc[nH]c3C2)cc1. The minimum absolute atomic E-state index is 0.152. The number of nitrogens with one attached hydrogen (secondary N) is 1. The molecule has 3 heterocycles. The lowest BCUT2D eigenvalue weighted by Crippen LogP contribution is -2.38. The summed E-state index contributed by atoms with van der Waals surface area (Å²) in [5, 5.41) is 0.659. The molecular weight excluding hydrogens is 554 g/mol. The van der Waals surface area contributed by atoms with Gasteiger partial charge in [0, 0.05) is 35.6 Å². The van der Waals surface area contributed by atoms with Gasteiger partial charge in [-0.05, 0) is 80.4 Å². The zero-order valence-electron chi connectivity index (χ0n) is 24.8. The number of aromatic amines is 1. The minimum Gasteiger partial charge on any atom is -0.493 e. The first kappa shape index (κ1) is 32.8. The van der Waals surface area contributed by atoms with Gasteiger partial charge in [0.15, 0.2) is 5.79 Å². The molecule has 1 aromatic heterocycles. The summed E-state index contributed by atoms with van der Waals surface area (Å²) >= 11 is 6.06. The molecule has 0 aliphatic carbocycles. The van der Waals surface area contributed by atoms with E-state index in [2.05, 4.69) is 4.98 Å². The molecule has 2 aliphatic heterocycles. The van der Waals surface area contributed by atoms with E-state index in [1.807, 2.05) is 76.2 Å². The second-order valence-corrected chi connectivity index (χ2v) is 10.3. The van der Waals surface area contributed by atoms with E-state index >= 15 is 0 Å². The number of nitrogens with two attached hydrogens (primary N) is 1. The van der Waals surface area contributed by atoms with Crippen molar-refractivity contribution in [2.45, 2.75) is 59.0 Å². The number of ether oxygens (including phenoxy) is 4. The van der Waals surface area contributed by atoms with Crippen molar-refractivity contribution in [2.24, 2.45) is 0 Å². The molecule has 0 radical (unpaired) electrons. The van der Waals surface area contributed by atoms with Gasteiger partial charge in [0.2, 0.25) is 0 Å². The fourth-order valence-electron chi connectivity index (χ4n) is 4.21. The average Bonchev–Trinajstić information content (AvgIpc) is 3.39. The summed E-state index contributed by atoms with van der Waals surface area (Å²) in [6.07, 6.45) is 3.17. The highest BCUT2D eigenvalue weighted by molar-refractivity contribution is 6.30. The highest BCUT2D eigenvalue weighted by Crippen LogP contribution is 2.24. The number of amides is 1. The van der Waals surface area contributed by atoms with Gasteiger partial charge in [0.25, 0.3) is 0 Å². The van der Waals surface area contributed by atoms with Gasteiger partial charge in [0.1, 0.15) is 11.5 Å². The van der Waals surface area contributed by atoms with Crippen LogP contribution in [0.2, 0.25) is 5.02 Å². The van der Waals surface area contributed by atoms with E-state index < -0.39 is 5.79 Å². The number of para-hydroxylation sites is 1. The van der Waals surface area contributed by atoms with Gasteiger partial charge in [-0.15, -0.1) is 0 Å². The van der Waals surface area contributed by atoms with E-state index in [-0.39, 0.29) is 12.2 Å². The number of nitrogen functional groups attached to an aromatic ring is 1. The second-order valence-electron chi connectivity index (χ2n) is 9.90. The predicted molar refractivity (Wildman–Crippen MR) is 167 cm³/mol. The van der Waals surface area contributed by atoms with Crippen LogP contribution in [0.1, 0.15) is 45.4 Å². The first-order valence-electron chi connectivity index (χ1n) is 14.3. The third kappa shape index (κ3) is 10.9. The monoisotopic (exact) mass is 595 g/mol. The molecule has 2 aliphatic rings. The third-order valence-corrected chi connectivity index (χ3v) is 6.56. The van der Waals surface area contributed by atoms with Crippen molar-refractivity contribution in [1.29, 1.82) is 0 Å². The van der Waals surface area contributed by atoms with Gasteiger partial charge >= 0.3 is 6.09 Å². The summed E-state index contributed by atoms with van der Waals surface area (Å²) in [6, 6.07) is 24.0. The van der Waals surface area contributed by atoms with E-state index in [1.165, 1.54) is 0 Å². The molecule has 1 atom stereocenters. The number of H-pyrrole nitrogens is 1. The molecule has 1 fully saturated rings. The Bertz CT molecular complexity index is 1300. The number of aromatic nitrogens is 1. The molecule has 1 saturated heterocycles. The molecule has 8 nitrogen and oxygen atoms in total. The molecule has 2 aromatic carbocycles. The van der Waals surface area contributed by atoms with Crippen LogP contribution in [0.4, 0.5) is 10.5 Å². The molecule has 0 saturated carbocycles. The normalized spacial score (nSPS) is 16.4. The fourth-order valence-corrected chi connectivity index (χ4v) is 4.35. The van der Waals surface area contributed by atoms with Crippen molar-refractivity contribution in [2.75, 3.05) is 25.5 Å². The fraction of sp³-hybridized carbons (Fsp3) is 0.364. The largest absolute Gasteiger partial charge is 0.493 e. The average molecular weight is 596 g/mol. The third-order valence-electron chi connectivity index (χ3n) is 6.30. The van der Waals surface area contributed by atoms with Crippen LogP contribution in [0.15, 0.2) is 85.1 Å². The Morgan fingerprint density at radius 1 is 1.02 bits per heavy atom. The zero-order chi connectivity index (χ0) is 30.4. The summed E-state index contributed by atoms with van der Waals surface area (Å²) in [5.41, 5.74) is 8.35. The van der Waals surface area contributed by atoms with Crippen LogP contribution in [0, 0.1) is 0 Å². The highest BCUT2D eigenvalue weighted by Gasteiger charge is 2.32. The lowest BCUT2D eigenvalue weighted by Gasteiger charge is -2.27. The number of halogens is 1. The van der Waals surface area contributed by atoms with Crippen LogP contribution < -0.4 is 15.2 Å². The summed E-state index contributed by atoms with van der Waals surface area (Å²) in [6.45, 7) is 10.2. The van der Waals surface area contributed by atoms with Gasteiger partial charge in [-0.2, -0.15) is 0 Å². The summed E-state index contributed by atoms with van der Waals surface area (Å²) in [7, 11) is 0. The Kier molecular flexibility index (Phi) is 13.0. The molecule has 9 heteroatoms. The van der Waals surface area contributed by atoms with Gasteiger partial charge in [0.05, 0.1) is 25.9 Å². The van der Waals surface area contributed by atoms with E-state index in [4.69, 9.17) is 36.3 Å². The van der Waals surface area contributed by atoms with Crippen molar-refractivity contribution in [3.05, 3.63) is 101 Å². The zero-order valence-corrected chi connectivity index (χ0v) is 25.6. The van der Waals surface area contributed by atoms with Gasteiger partial charge < -0.3 is 34.6 Å². The first-order chi connectivity index (χ1) is 20.3. The molecule has 3 N–H and O–H groups in total. The summed E-state index contributed by atoms with van der Waals surface area (Å²) in [5.74, 6) is 0.949. The van der Waals surface area contributed by atoms with Crippen LogP contribution in [0.3, 0.4) is 0 Å².